The van der Waals surface area contributed by atoms with Gasteiger partial charge in [-0.15, -0.1) is 12.4 Å². The van der Waals surface area contributed by atoms with Crippen LogP contribution in [0.15, 0.2) is 24.4 Å². The predicted octanol–water partition coefficient (Wildman–Crippen LogP) is 2.42. The molecule has 1 aromatic heterocycles. The van der Waals surface area contributed by atoms with Crippen LogP contribution in [-0.4, -0.2) is 58.0 Å². The third kappa shape index (κ3) is 5.01. The van der Waals surface area contributed by atoms with Crippen molar-refractivity contribution in [3.63, 3.8) is 0 Å². The average molecular weight is 413 g/mol. The lowest BCUT2D eigenvalue weighted by atomic mass is 10.1. The lowest BCUT2D eigenvalue weighted by Gasteiger charge is -2.31. The second kappa shape index (κ2) is 9.86. The summed E-state index contributed by atoms with van der Waals surface area (Å²) in [5.41, 5.74) is 6.73. The highest BCUT2D eigenvalue weighted by molar-refractivity contribution is 5.95. The summed E-state index contributed by atoms with van der Waals surface area (Å²) in [6.07, 6.45) is 3.82. The summed E-state index contributed by atoms with van der Waals surface area (Å²) < 4.78 is 20.4. The second-order valence-electron chi connectivity index (χ2n) is 6.74. The fourth-order valence-electron chi connectivity index (χ4n) is 3.23. The van der Waals surface area contributed by atoms with Gasteiger partial charge in [0.15, 0.2) is 11.4 Å². The number of halogens is 2. The van der Waals surface area contributed by atoms with Crippen molar-refractivity contribution in [2.75, 3.05) is 26.2 Å². The molecule has 2 heterocycles. The van der Waals surface area contributed by atoms with Crippen molar-refractivity contribution in [3.05, 3.63) is 41.5 Å². The maximum atomic E-state index is 13.3. The van der Waals surface area contributed by atoms with E-state index >= 15 is 0 Å². The molecule has 1 aliphatic rings. The zero-order valence-corrected chi connectivity index (χ0v) is 16.6. The molecule has 0 atom stereocenters. The second-order valence-corrected chi connectivity index (χ2v) is 6.74. The van der Waals surface area contributed by atoms with Crippen molar-refractivity contribution in [3.8, 4) is 11.4 Å². The van der Waals surface area contributed by atoms with Gasteiger partial charge in [-0.3, -0.25) is 4.79 Å². The number of rotatable bonds is 6. The topological polar surface area (TPSA) is 93.6 Å². The monoisotopic (exact) mass is 412 g/mol. The molecule has 1 aromatic carbocycles. The number of nitrogens with two attached hydrogens (primary N) is 1. The molecule has 1 saturated heterocycles. The standard InChI is InChI=1S/C19H25FN4O3.ClH/c1-13-11-14(20)3-4-16(13)24-12-17(25)18(22-24)19(26)23-8-5-15(6-9-23)27-10-2-7-21;/h3-4,11-12,15,25H,2,5-10,21H2,1H3;1H. The van der Waals surface area contributed by atoms with Gasteiger partial charge >= 0.3 is 0 Å². The van der Waals surface area contributed by atoms with Crippen molar-refractivity contribution in [2.45, 2.75) is 32.3 Å². The number of aryl methyl sites for hydroxylation is 1. The minimum atomic E-state index is -0.347. The summed E-state index contributed by atoms with van der Waals surface area (Å²) in [6.45, 7) is 4.08. The van der Waals surface area contributed by atoms with Crippen molar-refractivity contribution in [1.29, 1.82) is 0 Å². The lowest BCUT2D eigenvalue weighted by Crippen LogP contribution is -2.41. The molecule has 1 amide bonds. The molecule has 1 aliphatic heterocycles. The largest absolute Gasteiger partial charge is 0.504 e. The van der Waals surface area contributed by atoms with Crippen LogP contribution < -0.4 is 5.73 Å². The maximum Gasteiger partial charge on any atom is 0.278 e. The number of aromatic hydroxyl groups is 1. The van der Waals surface area contributed by atoms with Crippen LogP contribution in [0.2, 0.25) is 0 Å². The molecule has 9 heteroatoms. The Labute approximate surface area is 169 Å². The zero-order valence-electron chi connectivity index (χ0n) is 15.8. The van der Waals surface area contributed by atoms with Gasteiger partial charge < -0.3 is 20.5 Å². The highest BCUT2D eigenvalue weighted by atomic mass is 35.5. The van der Waals surface area contributed by atoms with Crippen LogP contribution in [-0.2, 0) is 4.74 Å². The Morgan fingerprint density at radius 2 is 2.11 bits per heavy atom. The number of piperidine rings is 1. The molecule has 0 radical (unpaired) electrons. The van der Waals surface area contributed by atoms with Gasteiger partial charge in [-0.2, -0.15) is 5.10 Å². The molecule has 3 rings (SSSR count). The summed E-state index contributed by atoms with van der Waals surface area (Å²) >= 11 is 0. The molecule has 7 nitrogen and oxygen atoms in total. The first-order valence-corrected chi connectivity index (χ1v) is 9.15. The SMILES string of the molecule is Cc1cc(F)ccc1-n1cc(O)c(C(=O)N2CCC(OCCCN)CC2)n1.Cl. The van der Waals surface area contributed by atoms with Gasteiger partial charge in [-0.05, 0) is 56.5 Å². The fourth-order valence-corrected chi connectivity index (χ4v) is 3.23. The van der Waals surface area contributed by atoms with Crippen LogP contribution in [0.4, 0.5) is 4.39 Å². The lowest BCUT2D eigenvalue weighted by molar-refractivity contribution is 0.00822. The quantitative estimate of drug-likeness (QED) is 0.710. The maximum absolute atomic E-state index is 13.3. The minimum Gasteiger partial charge on any atom is -0.504 e. The number of aromatic nitrogens is 2. The number of nitrogens with zero attached hydrogens (tertiary/aromatic N) is 3. The Morgan fingerprint density at radius 1 is 1.39 bits per heavy atom. The Balaban J connectivity index is 0.00000280. The van der Waals surface area contributed by atoms with E-state index in [1.54, 1.807) is 17.9 Å². The summed E-state index contributed by atoms with van der Waals surface area (Å²) in [6, 6.07) is 4.26. The molecule has 0 unspecified atom stereocenters. The fraction of sp³-hybridized carbons (Fsp3) is 0.474. The smallest absolute Gasteiger partial charge is 0.278 e. The summed E-state index contributed by atoms with van der Waals surface area (Å²) in [5, 5.41) is 14.4. The average Bonchev–Trinajstić information content (AvgIpc) is 3.03. The molecule has 154 valence electrons. The molecule has 1 fully saturated rings. The van der Waals surface area contributed by atoms with Crippen LogP contribution in [0.3, 0.4) is 0 Å². The summed E-state index contributed by atoms with van der Waals surface area (Å²) in [4.78, 5) is 14.4. The van der Waals surface area contributed by atoms with Gasteiger partial charge in [-0.25, -0.2) is 9.07 Å². The molecule has 0 aliphatic carbocycles. The Kier molecular flexibility index (Phi) is 7.79. The molecule has 0 bridgehead atoms. The van der Waals surface area contributed by atoms with E-state index in [9.17, 15) is 14.3 Å². The van der Waals surface area contributed by atoms with Gasteiger partial charge in [0, 0.05) is 19.7 Å². The van der Waals surface area contributed by atoms with Crippen LogP contribution in [0, 0.1) is 12.7 Å². The first-order chi connectivity index (χ1) is 13.0. The molecular formula is C19H26ClFN4O3. The number of carbonyl (C=O) groups is 1. The van der Waals surface area contributed by atoms with E-state index in [1.165, 1.54) is 23.0 Å². The van der Waals surface area contributed by atoms with Crippen LogP contribution in [0.1, 0.15) is 35.3 Å². The highest BCUT2D eigenvalue weighted by Crippen LogP contribution is 2.24. The molecule has 0 spiro atoms. The van der Waals surface area contributed by atoms with Crippen LogP contribution in [0.25, 0.3) is 5.69 Å². The van der Waals surface area contributed by atoms with Gasteiger partial charge in [0.05, 0.1) is 18.0 Å². The number of hydrogen-bond acceptors (Lipinski definition) is 5. The number of hydrogen-bond donors (Lipinski definition) is 2. The van der Waals surface area contributed by atoms with Crippen LogP contribution >= 0.6 is 12.4 Å². The van der Waals surface area contributed by atoms with Crippen molar-refractivity contribution in [1.82, 2.24) is 14.7 Å². The van der Waals surface area contributed by atoms with E-state index in [1.807, 2.05) is 0 Å². The van der Waals surface area contributed by atoms with E-state index < -0.39 is 0 Å². The Hall–Kier alpha value is -2.16. The third-order valence-electron chi connectivity index (χ3n) is 4.73. The Morgan fingerprint density at radius 3 is 2.75 bits per heavy atom. The van der Waals surface area contributed by atoms with Gasteiger partial charge in [-0.1, -0.05) is 0 Å². The number of ether oxygens (including phenoxy) is 1. The van der Waals surface area contributed by atoms with E-state index in [4.69, 9.17) is 10.5 Å². The molecular weight excluding hydrogens is 387 g/mol. The summed E-state index contributed by atoms with van der Waals surface area (Å²) in [5.74, 6) is -0.850. The first kappa shape index (κ1) is 22.1. The van der Waals surface area contributed by atoms with E-state index in [0.29, 0.717) is 37.5 Å². The third-order valence-corrected chi connectivity index (χ3v) is 4.73. The predicted molar refractivity (Wildman–Crippen MR) is 106 cm³/mol. The number of amides is 1. The van der Waals surface area contributed by atoms with Gasteiger partial charge in [0.2, 0.25) is 0 Å². The summed E-state index contributed by atoms with van der Waals surface area (Å²) in [7, 11) is 0. The number of carbonyl (C=O) groups excluding carboxylic acids is 1. The van der Waals surface area contributed by atoms with Gasteiger partial charge in [0.1, 0.15) is 5.82 Å². The number of likely N-dealkylation sites (tertiary alicyclic amines) is 1. The van der Waals surface area contributed by atoms with E-state index in [-0.39, 0.29) is 41.7 Å². The molecule has 0 saturated carbocycles. The van der Waals surface area contributed by atoms with E-state index in [2.05, 4.69) is 5.10 Å². The first-order valence-electron chi connectivity index (χ1n) is 9.15. The zero-order chi connectivity index (χ0) is 19.4. The highest BCUT2D eigenvalue weighted by Gasteiger charge is 2.28. The Bertz CT molecular complexity index is 806. The molecule has 3 N–H and O–H groups in total. The van der Waals surface area contributed by atoms with Crippen LogP contribution in [0.5, 0.6) is 5.75 Å². The molecule has 28 heavy (non-hydrogen) atoms. The van der Waals surface area contributed by atoms with Crippen molar-refractivity contribution >= 4 is 18.3 Å². The van der Waals surface area contributed by atoms with Crippen molar-refractivity contribution < 1.29 is 19.0 Å². The van der Waals surface area contributed by atoms with E-state index in [0.717, 1.165) is 19.3 Å². The normalized spacial score (nSPS) is 14.8. The minimum absolute atomic E-state index is 0. The van der Waals surface area contributed by atoms with Gasteiger partial charge in [0.25, 0.3) is 5.91 Å². The number of benzene rings is 1. The van der Waals surface area contributed by atoms with Crippen molar-refractivity contribution in [2.24, 2.45) is 5.73 Å². The molecule has 2 aromatic rings.